The van der Waals surface area contributed by atoms with E-state index in [9.17, 15) is 9.59 Å². The van der Waals surface area contributed by atoms with Gasteiger partial charge in [-0.1, -0.05) is 37.5 Å². The summed E-state index contributed by atoms with van der Waals surface area (Å²) in [5.41, 5.74) is 4.41. The molecule has 6 rings (SSSR count). The first kappa shape index (κ1) is 25.4. The van der Waals surface area contributed by atoms with Crippen molar-refractivity contribution in [2.24, 2.45) is 0 Å². The standard InChI is InChI=1S/C33H35N3O3/c1-23(37)26-16-19-31-30(21-26)34-32(36(31)27-11-6-3-7-12-27)24-14-17-29(18-15-24)39-22-28-13-8-20-35(28)33(38)25-9-4-2-5-10-25/h2,4-5,9-10,14-19,21,27-28H,3,6-8,11-13,20,22H2,1H3/t28-/m0/s1. The van der Waals surface area contributed by atoms with Gasteiger partial charge in [0.25, 0.3) is 5.91 Å². The maximum Gasteiger partial charge on any atom is 0.254 e. The third kappa shape index (κ3) is 5.20. The molecule has 6 heteroatoms. The van der Waals surface area contributed by atoms with Gasteiger partial charge in [-0.05, 0) is 87.2 Å². The molecule has 0 unspecified atom stereocenters. The Morgan fingerprint density at radius 3 is 2.38 bits per heavy atom. The van der Waals surface area contributed by atoms with Crippen LogP contribution in [0.3, 0.4) is 0 Å². The van der Waals surface area contributed by atoms with E-state index in [1.165, 1.54) is 19.3 Å². The highest BCUT2D eigenvalue weighted by atomic mass is 16.5. The Morgan fingerprint density at radius 1 is 0.872 bits per heavy atom. The van der Waals surface area contributed by atoms with Crippen molar-refractivity contribution in [3.8, 4) is 17.1 Å². The van der Waals surface area contributed by atoms with Gasteiger partial charge in [0, 0.05) is 29.3 Å². The van der Waals surface area contributed by atoms with E-state index in [0.717, 1.165) is 66.0 Å². The summed E-state index contributed by atoms with van der Waals surface area (Å²) in [6, 6.07) is 24.0. The molecule has 200 valence electrons. The number of carbonyl (C=O) groups excluding carboxylic acids is 2. The molecule has 1 aromatic heterocycles. The van der Waals surface area contributed by atoms with Crippen LogP contribution in [0.4, 0.5) is 0 Å². The molecule has 6 nitrogen and oxygen atoms in total. The highest BCUT2D eigenvalue weighted by Crippen LogP contribution is 2.36. The largest absolute Gasteiger partial charge is 0.491 e. The lowest BCUT2D eigenvalue weighted by Gasteiger charge is -2.26. The predicted octanol–water partition coefficient (Wildman–Crippen LogP) is 7.09. The number of ether oxygens (including phenoxy) is 1. The Hall–Kier alpha value is -3.93. The van der Waals surface area contributed by atoms with Crippen molar-refractivity contribution in [3.05, 3.63) is 83.9 Å². The monoisotopic (exact) mass is 521 g/mol. The van der Waals surface area contributed by atoms with Gasteiger partial charge in [-0.2, -0.15) is 0 Å². The van der Waals surface area contributed by atoms with Crippen molar-refractivity contribution < 1.29 is 14.3 Å². The van der Waals surface area contributed by atoms with Gasteiger partial charge in [0.15, 0.2) is 5.78 Å². The summed E-state index contributed by atoms with van der Waals surface area (Å²) in [6.07, 6.45) is 7.98. The lowest BCUT2D eigenvalue weighted by atomic mass is 9.94. The summed E-state index contributed by atoms with van der Waals surface area (Å²) in [7, 11) is 0. The Morgan fingerprint density at radius 2 is 1.64 bits per heavy atom. The number of aromatic nitrogens is 2. The van der Waals surface area contributed by atoms with E-state index in [-0.39, 0.29) is 17.7 Å². The second kappa shape index (κ2) is 11.0. The fourth-order valence-electron chi connectivity index (χ4n) is 6.15. The Kier molecular flexibility index (Phi) is 7.18. The van der Waals surface area contributed by atoms with Gasteiger partial charge in [-0.25, -0.2) is 4.98 Å². The molecule has 1 amide bonds. The number of ketones is 1. The zero-order chi connectivity index (χ0) is 26.8. The van der Waals surface area contributed by atoms with Gasteiger partial charge in [-0.15, -0.1) is 0 Å². The topological polar surface area (TPSA) is 64.4 Å². The summed E-state index contributed by atoms with van der Waals surface area (Å²) >= 11 is 0. The Bertz CT molecular complexity index is 1470. The molecule has 1 atom stereocenters. The van der Waals surface area contributed by atoms with E-state index < -0.39 is 0 Å². The normalized spacial score (nSPS) is 18.0. The zero-order valence-corrected chi connectivity index (χ0v) is 22.5. The van der Waals surface area contributed by atoms with Crippen LogP contribution in [0.5, 0.6) is 5.75 Å². The first-order valence-corrected chi connectivity index (χ1v) is 14.2. The molecule has 1 saturated carbocycles. The lowest BCUT2D eigenvalue weighted by molar-refractivity contribution is 0.0691. The van der Waals surface area contributed by atoms with E-state index in [2.05, 4.69) is 22.8 Å². The van der Waals surface area contributed by atoms with Crippen LogP contribution < -0.4 is 4.74 Å². The molecule has 0 N–H and O–H groups in total. The van der Waals surface area contributed by atoms with E-state index in [1.54, 1.807) is 6.92 Å². The minimum Gasteiger partial charge on any atom is -0.491 e. The number of benzene rings is 3. The van der Waals surface area contributed by atoms with E-state index in [0.29, 0.717) is 18.2 Å². The smallest absolute Gasteiger partial charge is 0.254 e. The maximum atomic E-state index is 13.0. The van der Waals surface area contributed by atoms with E-state index in [1.807, 2.05) is 59.5 Å². The molecule has 2 aliphatic rings. The molecule has 0 spiro atoms. The average molecular weight is 522 g/mol. The number of carbonyl (C=O) groups is 2. The number of hydrogen-bond donors (Lipinski definition) is 0. The highest BCUT2D eigenvalue weighted by molar-refractivity contribution is 5.98. The zero-order valence-electron chi connectivity index (χ0n) is 22.5. The second-order valence-electron chi connectivity index (χ2n) is 10.9. The summed E-state index contributed by atoms with van der Waals surface area (Å²) < 4.78 is 8.57. The summed E-state index contributed by atoms with van der Waals surface area (Å²) in [4.78, 5) is 32.0. The molecular formula is C33H35N3O3. The highest BCUT2D eigenvalue weighted by Gasteiger charge is 2.30. The minimum absolute atomic E-state index is 0.0541. The molecular weight excluding hydrogens is 486 g/mol. The molecule has 4 aromatic rings. The van der Waals surface area contributed by atoms with Crippen LogP contribution in [-0.2, 0) is 0 Å². The number of fused-ring (bicyclic) bond motifs is 1. The Balaban J connectivity index is 1.21. The number of likely N-dealkylation sites (tertiary alicyclic amines) is 1. The number of imidazole rings is 1. The molecule has 1 saturated heterocycles. The van der Waals surface area contributed by atoms with Crippen LogP contribution >= 0.6 is 0 Å². The summed E-state index contributed by atoms with van der Waals surface area (Å²) in [5.74, 6) is 1.86. The van der Waals surface area contributed by atoms with Crippen molar-refractivity contribution >= 4 is 22.7 Å². The number of hydrogen-bond acceptors (Lipinski definition) is 4. The number of rotatable bonds is 7. The molecule has 0 radical (unpaired) electrons. The van der Waals surface area contributed by atoms with Gasteiger partial charge in [0.05, 0.1) is 17.1 Å². The Labute approximate surface area is 229 Å². The van der Waals surface area contributed by atoms with Crippen LogP contribution in [-0.4, -0.2) is 45.3 Å². The van der Waals surface area contributed by atoms with Crippen molar-refractivity contribution in [1.82, 2.24) is 14.5 Å². The van der Waals surface area contributed by atoms with Crippen molar-refractivity contribution in [2.75, 3.05) is 13.2 Å². The molecule has 1 aliphatic carbocycles. The lowest BCUT2D eigenvalue weighted by Crippen LogP contribution is -2.39. The SMILES string of the molecule is CC(=O)c1ccc2c(c1)nc(-c1ccc(OC[C@@H]3CCCN3C(=O)c3ccccc3)cc1)n2C1CCCCC1. The quantitative estimate of drug-likeness (QED) is 0.244. The fourth-order valence-corrected chi connectivity index (χ4v) is 6.15. The van der Waals surface area contributed by atoms with E-state index in [4.69, 9.17) is 9.72 Å². The van der Waals surface area contributed by atoms with Crippen LogP contribution in [0.1, 0.15) is 78.6 Å². The molecule has 1 aliphatic heterocycles. The summed E-state index contributed by atoms with van der Waals surface area (Å²) in [5, 5.41) is 0. The van der Waals surface area contributed by atoms with Crippen LogP contribution in [0.2, 0.25) is 0 Å². The maximum absolute atomic E-state index is 13.0. The number of nitrogens with zero attached hydrogens (tertiary/aromatic N) is 3. The molecule has 3 aromatic carbocycles. The van der Waals surface area contributed by atoms with Gasteiger partial charge in [0.2, 0.25) is 0 Å². The van der Waals surface area contributed by atoms with Crippen LogP contribution in [0.25, 0.3) is 22.4 Å². The van der Waals surface area contributed by atoms with Gasteiger partial charge >= 0.3 is 0 Å². The van der Waals surface area contributed by atoms with Crippen LogP contribution in [0, 0.1) is 0 Å². The first-order chi connectivity index (χ1) is 19.1. The minimum atomic E-state index is 0.0541. The van der Waals surface area contributed by atoms with Crippen LogP contribution in [0.15, 0.2) is 72.8 Å². The molecule has 2 fully saturated rings. The number of amides is 1. The predicted molar refractivity (Wildman–Crippen MR) is 153 cm³/mol. The van der Waals surface area contributed by atoms with Gasteiger partial charge < -0.3 is 14.2 Å². The van der Waals surface area contributed by atoms with Gasteiger partial charge in [-0.3, -0.25) is 9.59 Å². The average Bonchev–Trinajstić information content (AvgIpc) is 3.61. The second-order valence-corrected chi connectivity index (χ2v) is 10.9. The fraction of sp³-hybridized carbons (Fsp3) is 0.364. The van der Waals surface area contributed by atoms with E-state index >= 15 is 0 Å². The van der Waals surface area contributed by atoms with Crippen molar-refractivity contribution in [2.45, 2.75) is 64.0 Å². The molecule has 39 heavy (non-hydrogen) atoms. The third-order valence-corrected chi connectivity index (χ3v) is 8.25. The van der Waals surface area contributed by atoms with Gasteiger partial charge in [0.1, 0.15) is 18.2 Å². The first-order valence-electron chi connectivity index (χ1n) is 14.2. The molecule has 2 heterocycles. The van der Waals surface area contributed by atoms with Crippen molar-refractivity contribution in [1.29, 1.82) is 0 Å². The third-order valence-electron chi connectivity index (χ3n) is 8.25. The molecule has 0 bridgehead atoms. The number of Topliss-reactive ketones (excluding diaryl/α,β-unsaturated/α-hetero) is 1. The summed E-state index contributed by atoms with van der Waals surface area (Å²) in [6.45, 7) is 2.84. The van der Waals surface area contributed by atoms with Crippen molar-refractivity contribution in [3.63, 3.8) is 0 Å².